The number of carboxylic acid groups (broad SMARTS) is 1. The molecule has 1 amide bonds. The minimum Gasteiger partial charge on any atom is -0.508 e. The van der Waals surface area contributed by atoms with Crippen LogP contribution in [0.3, 0.4) is 0 Å². The molecule has 0 saturated heterocycles. The molecule has 29 heavy (non-hydrogen) atoms. The first kappa shape index (κ1) is 23.4. The summed E-state index contributed by atoms with van der Waals surface area (Å²) in [6.45, 7) is 5.17. The number of phenols is 1. The highest BCUT2D eigenvalue weighted by atomic mass is 16.6. The zero-order valence-corrected chi connectivity index (χ0v) is 16.4. The summed E-state index contributed by atoms with van der Waals surface area (Å²) in [6, 6.07) is 13.2. The van der Waals surface area contributed by atoms with Gasteiger partial charge in [0.2, 0.25) is 0 Å². The molecule has 0 radical (unpaired) electrons. The van der Waals surface area contributed by atoms with Gasteiger partial charge in [-0.1, -0.05) is 30.3 Å². The molecule has 0 bridgehead atoms. The topological polar surface area (TPSA) is 139 Å². The second-order valence-electron chi connectivity index (χ2n) is 7.00. The summed E-state index contributed by atoms with van der Waals surface area (Å²) < 4.78 is 5.04. The number of non-ortho nitro benzene ring substituents is 1. The fraction of sp³-hybridized carbons (Fsp3) is 0.300. The zero-order chi connectivity index (χ0) is 22.0. The third-order valence-corrected chi connectivity index (χ3v) is 3.33. The number of nitro groups is 1. The van der Waals surface area contributed by atoms with Crippen LogP contribution in [0, 0.1) is 10.1 Å². The van der Waals surface area contributed by atoms with E-state index < -0.39 is 28.6 Å². The van der Waals surface area contributed by atoms with Gasteiger partial charge in [-0.3, -0.25) is 10.1 Å². The van der Waals surface area contributed by atoms with Gasteiger partial charge >= 0.3 is 12.1 Å². The van der Waals surface area contributed by atoms with Crippen molar-refractivity contribution in [3.8, 4) is 5.75 Å². The molecule has 0 saturated carbocycles. The molecule has 3 N–H and O–H groups in total. The molecule has 156 valence electrons. The largest absolute Gasteiger partial charge is 0.508 e. The standard InChI is InChI=1S/C14H19NO4.C6H5NO3/c1-14(2,3)19-13(18)15-11(12(16)17)9-10-7-5-4-6-8-10;8-6-3-1-5(2-4-6)7(9)10/h4-8,11H,9H2,1-3H3,(H,15,18)(H,16,17);1-4,8H/t11-;/m0./s1. The van der Waals surface area contributed by atoms with Gasteiger partial charge in [-0.2, -0.15) is 0 Å². The number of carbonyl (C=O) groups is 2. The molecular formula is C20H24N2O7. The van der Waals surface area contributed by atoms with Crippen molar-refractivity contribution in [2.45, 2.75) is 38.8 Å². The SMILES string of the molecule is CC(C)(C)OC(=O)N[C@@H](Cc1ccccc1)C(=O)O.O=[N+]([O-])c1ccc(O)cc1. The Balaban J connectivity index is 0.000000352. The van der Waals surface area contributed by atoms with E-state index in [0.717, 1.165) is 5.56 Å². The fourth-order valence-electron chi connectivity index (χ4n) is 2.07. The summed E-state index contributed by atoms with van der Waals surface area (Å²) in [4.78, 5) is 32.2. The van der Waals surface area contributed by atoms with E-state index in [4.69, 9.17) is 14.9 Å². The fourth-order valence-corrected chi connectivity index (χ4v) is 2.07. The van der Waals surface area contributed by atoms with Gasteiger partial charge in [-0.25, -0.2) is 9.59 Å². The summed E-state index contributed by atoms with van der Waals surface area (Å²) in [5.74, 6) is -1.06. The third-order valence-electron chi connectivity index (χ3n) is 3.33. The number of nitrogens with one attached hydrogen (secondary N) is 1. The molecule has 0 unspecified atom stereocenters. The normalized spacial score (nSPS) is 11.4. The van der Waals surface area contributed by atoms with Crippen molar-refractivity contribution < 1.29 is 29.5 Å². The molecule has 2 aromatic carbocycles. The molecule has 0 aliphatic heterocycles. The van der Waals surface area contributed by atoms with Crippen molar-refractivity contribution >= 4 is 17.7 Å². The number of alkyl carbamates (subject to hydrolysis) is 1. The number of carbonyl (C=O) groups excluding carboxylic acids is 1. The van der Waals surface area contributed by atoms with Gasteiger partial charge in [0.25, 0.3) is 5.69 Å². The van der Waals surface area contributed by atoms with Crippen molar-refractivity contribution in [2.24, 2.45) is 0 Å². The highest BCUT2D eigenvalue weighted by Crippen LogP contribution is 2.15. The van der Waals surface area contributed by atoms with Crippen molar-refractivity contribution in [3.63, 3.8) is 0 Å². The van der Waals surface area contributed by atoms with Crippen LogP contribution in [0.2, 0.25) is 0 Å². The van der Waals surface area contributed by atoms with Crippen molar-refractivity contribution in [1.29, 1.82) is 0 Å². The van der Waals surface area contributed by atoms with E-state index in [1.54, 1.807) is 20.8 Å². The highest BCUT2D eigenvalue weighted by molar-refractivity contribution is 5.80. The first-order chi connectivity index (χ1) is 13.5. The van der Waals surface area contributed by atoms with Crippen molar-refractivity contribution in [1.82, 2.24) is 5.32 Å². The monoisotopic (exact) mass is 404 g/mol. The van der Waals surface area contributed by atoms with Crippen LogP contribution in [-0.4, -0.2) is 38.8 Å². The van der Waals surface area contributed by atoms with Gasteiger partial charge in [0.05, 0.1) is 4.92 Å². The van der Waals surface area contributed by atoms with E-state index in [1.807, 2.05) is 30.3 Å². The molecule has 0 spiro atoms. The lowest BCUT2D eigenvalue weighted by molar-refractivity contribution is -0.384. The van der Waals surface area contributed by atoms with Crippen LogP contribution < -0.4 is 5.32 Å². The zero-order valence-electron chi connectivity index (χ0n) is 16.4. The Morgan fingerprint density at radius 2 is 1.66 bits per heavy atom. The average Bonchev–Trinajstić information content (AvgIpc) is 2.61. The maximum absolute atomic E-state index is 11.6. The minimum absolute atomic E-state index is 0.0159. The number of rotatable bonds is 5. The number of carboxylic acids is 1. The second kappa shape index (κ2) is 10.6. The van der Waals surface area contributed by atoms with Crippen LogP contribution in [0.15, 0.2) is 54.6 Å². The molecule has 9 heteroatoms. The lowest BCUT2D eigenvalue weighted by atomic mass is 10.1. The van der Waals surface area contributed by atoms with Crippen molar-refractivity contribution in [3.05, 3.63) is 70.3 Å². The number of ether oxygens (including phenoxy) is 1. The Morgan fingerprint density at radius 1 is 1.10 bits per heavy atom. The molecule has 0 aliphatic carbocycles. The average molecular weight is 404 g/mol. The minimum atomic E-state index is -1.09. The number of aromatic hydroxyl groups is 1. The smallest absolute Gasteiger partial charge is 0.408 e. The number of nitro benzene ring substituents is 1. The summed E-state index contributed by atoms with van der Waals surface area (Å²) in [5.41, 5.74) is 0.170. The Labute approximate surface area is 168 Å². The second-order valence-corrected chi connectivity index (χ2v) is 7.00. The van der Waals surface area contributed by atoms with Crippen LogP contribution in [0.5, 0.6) is 5.75 Å². The molecule has 0 heterocycles. The third kappa shape index (κ3) is 9.76. The molecule has 2 aromatic rings. The Bertz CT molecular complexity index is 815. The summed E-state index contributed by atoms with van der Waals surface area (Å²) >= 11 is 0. The molecule has 0 aromatic heterocycles. The number of phenolic OH excluding ortho intramolecular Hbond substituents is 1. The molecular weight excluding hydrogens is 380 g/mol. The Kier molecular flexibility index (Phi) is 8.60. The number of nitrogens with zero attached hydrogens (tertiary/aromatic N) is 1. The predicted octanol–water partition coefficient (Wildman–Crippen LogP) is 3.51. The van der Waals surface area contributed by atoms with Crippen LogP contribution in [0.4, 0.5) is 10.5 Å². The van der Waals surface area contributed by atoms with Crippen LogP contribution in [0.25, 0.3) is 0 Å². The van der Waals surface area contributed by atoms with Gasteiger partial charge in [-0.15, -0.1) is 0 Å². The van der Waals surface area contributed by atoms with Crippen LogP contribution in [0.1, 0.15) is 26.3 Å². The first-order valence-corrected chi connectivity index (χ1v) is 8.67. The molecule has 9 nitrogen and oxygen atoms in total. The molecule has 2 rings (SSSR count). The quantitative estimate of drug-likeness (QED) is 0.512. The number of amides is 1. The number of benzene rings is 2. The van der Waals surface area contributed by atoms with E-state index in [1.165, 1.54) is 24.3 Å². The predicted molar refractivity (Wildman–Crippen MR) is 106 cm³/mol. The summed E-state index contributed by atoms with van der Waals surface area (Å²) in [6.07, 6.45) is -0.508. The van der Waals surface area contributed by atoms with Gasteiger partial charge in [-0.05, 0) is 38.5 Å². The number of aliphatic carboxylic acids is 1. The van der Waals surface area contributed by atoms with E-state index in [-0.39, 0.29) is 17.9 Å². The molecule has 1 atom stereocenters. The molecule has 0 aliphatic rings. The highest BCUT2D eigenvalue weighted by Gasteiger charge is 2.24. The van der Waals surface area contributed by atoms with Gasteiger partial charge in [0.15, 0.2) is 0 Å². The Morgan fingerprint density at radius 3 is 2.10 bits per heavy atom. The lowest BCUT2D eigenvalue weighted by Gasteiger charge is -2.22. The lowest BCUT2D eigenvalue weighted by Crippen LogP contribution is -2.44. The number of hydrogen-bond donors (Lipinski definition) is 3. The summed E-state index contributed by atoms with van der Waals surface area (Å²) in [7, 11) is 0. The van der Waals surface area contributed by atoms with E-state index in [0.29, 0.717) is 0 Å². The summed E-state index contributed by atoms with van der Waals surface area (Å²) in [5, 5.41) is 30.2. The van der Waals surface area contributed by atoms with E-state index >= 15 is 0 Å². The number of hydrogen-bond acceptors (Lipinski definition) is 6. The maximum Gasteiger partial charge on any atom is 0.408 e. The molecule has 0 fully saturated rings. The Hall–Kier alpha value is -3.62. The van der Waals surface area contributed by atoms with Crippen molar-refractivity contribution in [2.75, 3.05) is 0 Å². The van der Waals surface area contributed by atoms with E-state index in [9.17, 15) is 19.7 Å². The van der Waals surface area contributed by atoms with E-state index in [2.05, 4.69) is 5.32 Å². The maximum atomic E-state index is 11.6. The van der Waals surface area contributed by atoms with Crippen LogP contribution in [-0.2, 0) is 16.0 Å². The van der Waals surface area contributed by atoms with Crippen LogP contribution >= 0.6 is 0 Å². The van der Waals surface area contributed by atoms with Gasteiger partial charge < -0.3 is 20.3 Å². The first-order valence-electron chi connectivity index (χ1n) is 8.67. The van der Waals surface area contributed by atoms with Gasteiger partial charge in [0, 0.05) is 18.6 Å². The van der Waals surface area contributed by atoms with Gasteiger partial charge in [0.1, 0.15) is 17.4 Å².